The number of benzene rings is 3. The quantitative estimate of drug-likeness (QED) is 0.260. The first-order chi connectivity index (χ1) is 16.2. The van der Waals surface area contributed by atoms with Gasteiger partial charge in [-0.15, -0.1) is 0 Å². The van der Waals surface area contributed by atoms with Crippen molar-refractivity contribution in [1.29, 1.82) is 0 Å². The number of nitrogens with zero attached hydrogens (tertiary/aromatic N) is 1. The maximum absolute atomic E-state index is 13.9. The Labute approximate surface area is 206 Å². The first-order valence-electron chi connectivity index (χ1n) is 11.2. The second kappa shape index (κ2) is 7.91. The van der Waals surface area contributed by atoms with Crippen molar-refractivity contribution in [3.8, 4) is 5.75 Å². The number of ether oxygens (including phenoxy) is 1. The number of anilines is 1. The summed E-state index contributed by atoms with van der Waals surface area (Å²) in [5, 5.41) is 0. The van der Waals surface area contributed by atoms with Gasteiger partial charge in [-0.1, -0.05) is 75.4 Å². The maximum atomic E-state index is 13.9. The van der Waals surface area contributed by atoms with E-state index in [9.17, 15) is 14.4 Å². The fraction of sp³-hybridized carbons (Fsp3) is 0.250. The number of hydrogen-bond donors (Lipinski definition) is 0. The third-order valence-electron chi connectivity index (χ3n) is 6.80. The molecule has 172 valence electrons. The fourth-order valence-corrected chi connectivity index (χ4v) is 5.51. The smallest absolute Gasteiger partial charge is 0.327 e. The Morgan fingerprint density at radius 1 is 0.912 bits per heavy atom. The second-order valence-corrected chi connectivity index (χ2v) is 10.7. The van der Waals surface area contributed by atoms with Crippen molar-refractivity contribution in [3.05, 3.63) is 94.0 Å². The number of rotatable bonds is 3. The molecule has 5 rings (SSSR count). The topological polar surface area (TPSA) is 63.7 Å². The van der Waals surface area contributed by atoms with E-state index in [-0.39, 0.29) is 17.7 Å². The Hall–Kier alpha value is -3.25. The number of esters is 1. The number of carbonyl (C=O) groups is 3. The summed E-state index contributed by atoms with van der Waals surface area (Å²) < 4.78 is 6.36. The third kappa shape index (κ3) is 3.23. The largest absolute Gasteiger partial charge is 0.424 e. The van der Waals surface area contributed by atoms with Crippen molar-refractivity contribution in [3.63, 3.8) is 0 Å². The lowest BCUT2D eigenvalue weighted by Crippen LogP contribution is -2.46. The molecule has 0 unspecified atom stereocenters. The predicted molar refractivity (Wildman–Crippen MR) is 133 cm³/mol. The highest BCUT2D eigenvalue weighted by atomic mass is 79.9. The van der Waals surface area contributed by atoms with Crippen LogP contribution in [0.15, 0.2) is 77.3 Å². The van der Waals surface area contributed by atoms with Crippen LogP contribution >= 0.6 is 15.9 Å². The lowest BCUT2D eigenvalue weighted by atomic mass is 9.66. The molecule has 0 saturated carbocycles. The summed E-state index contributed by atoms with van der Waals surface area (Å²) in [5.41, 5.74) is 1.37. The van der Waals surface area contributed by atoms with Crippen molar-refractivity contribution >= 4 is 39.4 Å². The first kappa shape index (κ1) is 22.5. The molecule has 2 aliphatic heterocycles. The molecule has 2 atom stereocenters. The Morgan fingerprint density at radius 2 is 1.59 bits per heavy atom. The molecule has 1 fully saturated rings. The Morgan fingerprint density at radius 3 is 2.24 bits per heavy atom. The van der Waals surface area contributed by atoms with Crippen LogP contribution in [0.3, 0.4) is 0 Å². The van der Waals surface area contributed by atoms with Gasteiger partial charge in [0.15, 0.2) is 0 Å². The molecule has 2 aliphatic rings. The van der Waals surface area contributed by atoms with Gasteiger partial charge in [0.05, 0.1) is 16.1 Å². The molecule has 0 spiro atoms. The SMILES string of the molecule is CC(C)(C)c1ccc(N2C(=O)C[C@@H]([C@@]3(c4ccccc4)C(=O)Oc4c(Br)cccc43)C2=O)cc1. The number of imide groups is 1. The van der Waals surface area contributed by atoms with Gasteiger partial charge in [0.25, 0.3) is 0 Å². The molecule has 1 saturated heterocycles. The highest BCUT2D eigenvalue weighted by Crippen LogP contribution is 2.54. The second-order valence-electron chi connectivity index (χ2n) is 9.80. The molecular formula is C28H24BrNO4. The third-order valence-corrected chi connectivity index (χ3v) is 7.42. The zero-order chi connectivity index (χ0) is 24.3. The van der Waals surface area contributed by atoms with Gasteiger partial charge in [-0.25, -0.2) is 0 Å². The molecule has 5 nitrogen and oxygen atoms in total. The fourth-order valence-electron chi connectivity index (χ4n) is 5.06. The van der Waals surface area contributed by atoms with E-state index in [0.29, 0.717) is 27.0 Å². The molecule has 0 aromatic heterocycles. The summed E-state index contributed by atoms with van der Waals surface area (Å²) in [7, 11) is 0. The minimum Gasteiger partial charge on any atom is -0.424 e. The van der Waals surface area contributed by atoms with Crippen LogP contribution in [0.2, 0.25) is 0 Å². The van der Waals surface area contributed by atoms with E-state index in [2.05, 4.69) is 36.7 Å². The maximum Gasteiger partial charge on any atom is 0.327 e. The minimum absolute atomic E-state index is 0.0534. The molecule has 2 amide bonds. The van der Waals surface area contributed by atoms with E-state index >= 15 is 0 Å². The summed E-state index contributed by atoms with van der Waals surface area (Å²) in [5.74, 6) is -1.80. The molecule has 0 radical (unpaired) electrons. The van der Waals surface area contributed by atoms with E-state index in [0.717, 1.165) is 5.56 Å². The average molecular weight is 518 g/mol. The van der Waals surface area contributed by atoms with Gasteiger partial charge in [0.1, 0.15) is 11.2 Å². The highest BCUT2D eigenvalue weighted by Gasteiger charge is 2.62. The molecule has 0 bridgehead atoms. The van der Waals surface area contributed by atoms with Crippen molar-refractivity contribution in [2.45, 2.75) is 38.0 Å². The summed E-state index contributed by atoms with van der Waals surface area (Å²) in [6, 6.07) is 22.0. The highest BCUT2D eigenvalue weighted by molar-refractivity contribution is 9.10. The lowest BCUT2D eigenvalue weighted by molar-refractivity contribution is -0.141. The average Bonchev–Trinajstić information content (AvgIpc) is 3.27. The number of halogens is 1. The van der Waals surface area contributed by atoms with Crippen molar-refractivity contribution < 1.29 is 19.1 Å². The van der Waals surface area contributed by atoms with Crippen molar-refractivity contribution in [2.24, 2.45) is 5.92 Å². The Bertz CT molecular complexity index is 1310. The Balaban J connectivity index is 1.64. The van der Waals surface area contributed by atoms with Crippen LogP contribution < -0.4 is 9.64 Å². The summed E-state index contributed by atoms with van der Waals surface area (Å²) >= 11 is 3.47. The number of hydrogen-bond acceptors (Lipinski definition) is 4. The van der Waals surface area contributed by atoms with Gasteiger partial charge in [0.2, 0.25) is 11.8 Å². The van der Waals surface area contributed by atoms with Gasteiger partial charge in [0, 0.05) is 12.0 Å². The first-order valence-corrected chi connectivity index (χ1v) is 12.0. The summed E-state index contributed by atoms with van der Waals surface area (Å²) in [6.07, 6.45) is -0.0875. The van der Waals surface area contributed by atoms with Gasteiger partial charge in [-0.3, -0.25) is 19.3 Å². The number of carbonyl (C=O) groups excluding carboxylic acids is 3. The van der Waals surface area contributed by atoms with Crippen molar-refractivity contribution in [1.82, 2.24) is 0 Å². The van der Waals surface area contributed by atoms with Gasteiger partial charge in [-0.2, -0.15) is 0 Å². The van der Waals surface area contributed by atoms with E-state index in [1.54, 1.807) is 24.3 Å². The summed E-state index contributed by atoms with van der Waals surface area (Å²) in [6.45, 7) is 6.32. The number of para-hydroxylation sites is 1. The molecule has 34 heavy (non-hydrogen) atoms. The molecule has 3 aromatic carbocycles. The number of fused-ring (bicyclic) bond motifs is 1. The van der Waals surface area contributed by atoms with Crippen molar-refractivity contribution in [2.75, 3.05) is 4.90 Å². The molecule has 3 aromatic rings. The molecule has 0 N–H and O–H groups in total. The van der Waals surface area contributed by atoms with E-state index < -0.39 is 23.2 Å². The predicted octanol–water partition coefficient (Wildman–Crippen LogP) is 5.53. The molecule has 0 aliphatic carbocycles. The van der Waals surface area contributed by atoms with Gasteiger partial charge < -0.3 is 4.74 Å². The van der Waals surface area contributed by atoms with Crippen LogP contribution in [0.25, 0.3) is 0 Å². The van der Waals surface area contributed by atoms with Crippen LogP contribution in [0.5, 0.6) is 5.75 Å². The van der Waals surface area contributed by atoms with Crippen LogP contribution in [-0.4, -0.2) is 17.8 Å². The minimum atomic E-state index is -1.41. The van der Waals surface area contributed by atoms with Crippen LogP contribution in [-0.2, 0) is 25.2 Å². The van der Waals surface area contributed by atoms with E-state index in [1.165, 1.54) is 4.90 Å². The molecule has 2 heterocycles. The van der Waals surface area contributed by atoms with Gasteiger partial charge >= 0.3 is 5.97 Å². The van der Waals surface area contributed by atoms with Crippen LogP contribution in [0.1, 0.15) is 43.9 Å². The van der Waals surface area contributed by atoms with E-state index in [4.69, 9.17) is 4.74 Å². The summed E-state index contributed by atoms with van der Waals surface area (Å²) in [4.78, 5) is 42.0. The lowest BCUT2D eigenvalue weighted by Gasteiger charge is -2.31. The monoisotopic (exact) mass is 517 g/mol. The number of amides is 2. The normalized spacial score (nSPS) is 22.2. The Kier molecular flexibility index (Phi) is 5.24. The van der Waals surface area contributed by atoms with Gasteiger partial charge in [-0.05, 0) is 50.7 Å². The van der Waals surface area contributed by atoms with Crippen LogP contribution in [0.4, 0.5) is 5.69 Å². The molecule has 6 heteroatoms. The standard InChI is InChI=1S/C28H24BrNO4/c1-27(2,3)17-12-14-19(15-13-17)30-23(31)16-21(25(30)32)28(18-8-5-4-6-9-18)20-10-7-11-22(29)24(20)34-26(28)33/h4-15,21H,16H2,1-3H3/t21-,28+/m1/s1. The zero-order valence-electron chi connectivity index (χ0n) is 19.2. The van der Waals surface area contributed by atoms with E-state index in [1.807, 2.05) is 48.5 Å². The zero-order valence-corrected chi connectivity index (χ0v) is 20.8. The van der Waals surface area contributed by atoms with Crippen LogP contribution in [0, 0.1) is 5.92 Å². The molecular weight excluding hydrogens is 494 g/mol.